The van der Waals surface area contributed by atoms with Crippen molar-refractivity contribution in [1.29, 1.82) is 0 Å². The average molecular weight is 459 g/mol. The Balaban J connectivity index is 1.56. The smallest absolute Gasteiger partial charge is 0.416 e. The molecule has 3 aromatic rings. The zero-order valence-electron chi connectivity index (χ0n) is 17.8. The fourth-order valence-corrected chi connectivity index (χ4v) is 3.75. The molecule has 1 atom stereocenters. The molecule has 174 valence electrons. The monoisotopic (exact) mass is 459 g/mol. The molecule has 2 heterocycles. The number of benzene rings is 2. The van der Waals surface area contributed by atoms with E-state index in [0.717, 1.165) is 38.1 Å². The number of alkyl halides is 3. The molecular weight excluding hydrogens is 435 g/mol. The van der Waals surface area contributed by atoms with Gasteiger partial charge in [-0.05, 0) is 74.5 Å². The summed E-state index contributed by atoms with van der Waals surface area (Å²) in [5.41, 5.74) is 0.768. The molecule has 0 bridgehead atoms. The summed E-state index contributed by atoms with van der Waals surface area (Å²) in [4.78, 5) is 10.6. The highest BCUT2D eigenvalue weighted by molar-refractivity contribution is 5.56. The maximum Gasteiger partial charge on any atom is 0.416 e. The molecule has 0 aliphatic carbocycles. The Morgan fingerprint density at radius 1 is 1.03 bits per heavy atom. The number of nitrogens with zero attached hydrogens (tertiary/aromatic N) is 3. The van der Waals surface area contributed by atoms with Gasteiger partial charge in [0.2, 0.25) is 0 Å². The Hall–Kier alpha value is -3.01. The lowest BCUT2D eigenvalue weighted by molar-refractivity contribution is -0.137. The summed E-state index contributed by atoms with van der Waals surface area (Å²) in [6.45, 7) is 1.66. The number of rotatable bonds is 7. The molecule has 6 nitrogen and oxygen atoms in total. The summed E-state index contributed by atoms with van der Waals surface area (Å²) < 4.78 is 45.7. The number of aromatic nitrogens is 2. The van der Waals surface area contributed by atoms with Gasteiger partial charge in [0.25, 0.3) is 0 Å². The van der Waals surface area contributed by atoms with Gasteiger partial charge in [0.1, 0.15) is 17.6 Å². The summed E-state index contributed by atoms with van der Waals surface area (Å²) in [5, 5.41) is 18.9. The van der Waals surface area contributed by atoms with Gasteiger partial charge in [0.05, 0.1) is 17.9 Å². The van der Waals surface area contributed by atoms with E-state index in [1.54, 1.807) is 24.3 Å². The van der Waals surface area contributed by atoms with Gasteiger partial charge in [-0.3, -0.25) is 4.90 Å². The first kappa shape index (κ1) is 23.2. The lowest BCUT2D eigenvalue weighted by Crippen LogP contribution is -2.19. The topological polar surface area (TPSA) is 78.7 Å². The third kappa shape index (κ3) is 5.68. The Labute approximate surface area is 189 Å². The van der Waals surface area contributed by atoms with Crippen LogP contribution in [-0.2, 0) is 12.7 Å². The van der Waals surface area contributed by atoms with Crippen molar-refractivity contribution in [2.75, 3.05) is 19.7 Å². The molecule has 1 fully saturated rings. The van der Waals surface area contributed by atoms with Crippen LogP contribution in [0.4, 0.5) is 13.2 Å². The Bertz CT molecular complexity index is 1080. The summed E-state index contributed by atoms with van der Waals surface area (Å²) in [7, 11) is 0. The number of aliphatic hydroxyl groups excluding tert-OH is 2. The summed E-state index contributed by atoms with van der Waals surface area (Å²) in [6.07, 6.45) is -1.95. The number of aliphatic hydroxyl groups is 2. The van der Waals surface area contributed by atoms with E-state index in [9.17, 15) is 18.3 Å². The second-order valence-corrected chi connectivity index (χ2v) is 7.93. The molecule has 1 aromatic heterocycles. The van der Waals surface area contributed by atoms with E-state index in [0.29, 0.717) is 40.7 Å². The molecule has 1 aliphatic heterocycles. The second-order valence-electron chi connectivity index (χ2n) is 7.93. The molecule has 0 spiro atoms. The van der Waals surface area contributed by atoms with E-state index in [-0.39, 0.29) is 0 Å². The van der Waals surface area contributed by atoms with Gasteiger partial charge in [-0.15, -0.1) is 0 Å². The van der Waals surface area contributed by atoms with Crippen molar-refractivity contribution in [2.24, 2.45) is 0 Å². The normalized spacial score (nSPS) is 15.5. The van der Waals surface area contributed by atoms with Gasteiger partial charge < -0.3 is 14.9 Å². The van der Waals surface area contributed by atoms with E-state index >= 15 is 0 Å². The van der Waals surface area contributed by atoms with E-state index < -0.39 is 24.5 Å². The van der Waals surface area contributed by atoms with Crippen LogP contribution < -0.4 is 4.74 Å². The van der Waals surface area contributed by atoms with Crippen molar-refractivity contribution >= 4 is 0 Å². The van der Waals surface area contributed by atoms with Crippen LogP contribution in [0.15, 0.2) is 54.7 Å². The van der Waals surface area contributed by atoms with Crippen molar-refractivity contribution in [3.63, 3.8) is 0 Å². The van der Waals surface area contributed by atoms with Gasteiger partial charge >= 0.3 is 6.18 Å². The van der Waals surface area contributed by atoms with Crippen molar-refractivity contribution in [2.45, 2.75) is 31.7 Å². The molecule has 2 N–H and O–H groups in total. The largest absolute Gasteiger partial charge is 0.457 e. The molecule has 0 amide bonds. The quantitative estimate of drug-likeness (QED) is 0.539. The van der Waals surface area contributed by atoms with Crippen LogP contribution in [0.3, 0.4) is 0 Å². The van der Waals surface area contributed by atoms with Gasteiger partial charge in [-0.25, -0.2) is 9.97 Å². The molecule has 9 heteroatoms. The number of halogens is 3. The van der Waals surface area contributed by atoms with Crippen LogP contribution in [0.1, 0.15) is 35.8 Å². The lowest BCUT2D eigenvalue weighted by atomic mass is 10.1. The molecule has 1 saturated heterocycles. The average Bonchev–Trinajstić information content (AvgIpc) is 3.32. The van der Waals surface area contributed by atoms with E-state index in [1.807, 2.05) is 0 Å². The van der Waals surface area contributed by atoms with Crippen molar-refractivity contribution in [3.05, 3.63) is 71.5 Å². The highest BCUT2D eigenvalue weighted by Gasteiger charge is 2.31. The van der Waals surface area contributed by atoms with Crippen LogP contribution in [0.5, 0.6) is 11.5 Å². The standard InChI is InChI=1S/C24H24F3N3O3/c25-24(26,27)18-5-8-22(17(13-18)14-30-11-1-2-12-30)33-19-6-3-16(4-7-19)23-28-10-9-20(29-23)21(32)15-31/h3-10,13,21,31-32H,1-2,11-12,14-15H2/t21-/m0/s1. The van der Waals surface area contributed by atoms with Crippen molar-refractivity contribution in [3.8, 4) is 22.9 Å². The highest BCUT2D eigenvalue weighted by Crippen LogP contribution is 2.35. The van der Waals surface area contributed by atoms with E-state index in [1.165, 1.54) is 18.3 Å². The highest BCUT2D eigenvalue weighted by atomic mass is 19.4. The van der Waals surface area contributed by atoms with Crippen LogP contribution in [-0.4, -0.2) is 44.8 Å². The van der Waals surface area contributed by atoms with Crippen LogP contribution in [0.25, 0.3) is 11.4 Å². The lowest BCUT2D eigenvalue weighted by Gasteiger charge is -2.19. The van der Waals surface area contributed by atoms with Gasteiger partial charge in [-0.1, -0.05) is 0 Å². The van der Waals surface area contributed by atoms with Gasteiger partial charge in [-0.2, -0.15) is 13.2 Å². The van der Waals surface area contributed by atoms with Gasteiger partial charge in [0, 0.05) is 23.9 Å². The SMILES string of the molecule is OC[C@H](O)c1ccnc(-c2ccc(Oc3ccc(C(F)(F)F)cc3CN3CCCC3)cc2)n1. The zero-order chi connectivity index (χ0) is 23.4. The first-order valence-electron chi connectivity index (χ1n) is 10.7. The number of hydrogen-bond donors (Lipinski definition) is 2. The summed E-state index contributed by atoms with van der Waals surface area (Å²) in [6, 6.07) is 11.9. The molecule has 0 radical (unpaired) electrons. The van der Waals surface area contributed by atoms with Crippen LogP contribution in [0.2, 0.25) is 0 Å². The minimum absolute atomic E-state index is 0.305. The minimum Gasteiger partial charge on any atom is -0.457 e. The Morgan fingerprint density at radius 3 is 2.42 bits per heavy atom. The Morgan fingerprint density at radius 2 is 1.76 bits per heavy atom. The fourth-order valence-electron chi connectivity index (χ4n) is 3.75. The molecule has 0 unspecified atom stereocenters. The molecular formula is C24H24F3N3O3. The third-order valence-electron chi connectivity index (χ3n) is 5.51. The molecule has 0 saturated carbocycles. The predicted molar refractivity (Wildman–Crippen MR) is 116 cm³/mol. The molecule has 2 aromatic carbocycles. The fraction of sp³-hybridized carbons (Fsp3) is 0.333. The summed E-state index contributed by atoms with van der Waals surface area (Å²) in [5.74, 6) is 1.22. The first-order valence-corrected chi connectivity index (χ1v) is 10.7. The Kier molecular flexibility index (Phi) is 6.92. The maximum atomic E-state index is 13.3. The number of likely N-dealkylation sites (tertiary alicyclic amines) is 1. The van der Waals surface area contributed by atoms with E-state index in [4.69, 9.17) is 9.84 Å². The predicted octanol–water partition coefficient (Wildman–Crippen LogP) is 4.58. The zero-order valence-corrected chi connectivity index (χ0v) is 17.8. The maximum absolute atomic E-state index is 13.3. The number of hydrogen-bond acceptors (Lipinski definition) is 6. The van der Waals surface area contributed by atoms with E-state index in [2.05, 4.69) is 14.9 Å². The minimum atomic E-state index is -4.42. The number of ether oxygens (including phenoxy) is 1. The molecule has 1 aliphatic rings. The van der Waals surface area contributed by atoms with Crippen LogP contribution in [0, 0.1) is 0 Å². The molecule has 33 heavy (non-hydrogen) atoms. The molecule has 4 rings (SSSR count). The van der Waals surface area contributed by atoms with Crippen molar-refractivity contribution < 1.29 is 28.1 Å². The van der Waals surface area contributed by atoms with Crippen LogP contribution >= 0.6 is 0 Å². The third-order valence-corrected chi connectivity index (χ3v) is 5.51. The summed E-state index contributed by atoms with van der Waals surface area (Å²) >= 11 is 0. The van der Waals surface area contributed by atoms with Gasteiger partial charge in [0.15, 0.2) is 5.82 Å². The first-order chi connectivity index (χ1) is 15.8. The second kappa shape index (κ2) is 9.86. The van der Waals surface area contributed by atoms with Crippen molar-refractivity contribution in [1.82, 2.24) is 14.9 Å².